The lowest BCUT2D eigenvalue weighted by atomic mass is 9.81. The molecule has 0 spiro atoms. The van der Waals surface area contributed by atoms with Crippen molar-refractivity contribution < 1.29 is 0 Å². The van der Waals surface area contributed by atoms with Gasteiger partial charge in [-0.25, -0.2) is 0 Å². The normalized spacial score (nSPS) is 11.5. The van der Waals surface area contributed by atoms with Gasteiger partial charge in [-0.15, -0.1) is 0 Å². The van der Waals surface area contributed by atoms with Gasteiger partial charge in [-0.1, -0.05) is 26.8 Å². The van der Waals surface area contributed by atoms with Crippen LogP contribution in [0.25, 0.3) is 0 Å². The van der Waals surface area contributed by atoms with E-state index >= 15 is 0 Å². The Balaban J connectivity index is 2.22. The van der Waals surface area contributed by atoms with Gasteiger partial charge >= 0.3 is 0 Å². The van der Waals surface area contributed by atoms with Crippen molar-refractivity contribution in [3.63, 3.8) is 0 Å². The van der Waals surface area contributed by atoms with Crippen molar-refractivity contribution in [2.75, 3.05) is 0 Å². The highest BCUT2D eigenvalue weighted by Crippen LogP contribution is 2.26. The number of rotatable bonds is 4. The van der Waals surface area contributed by atoms with Crippen molar-refractivity contribution in [2.45, 2.75) is 39.0 Å². The summed E-state index contributed by atoms with van der Waals surface area (Å²) in [4.78, 5) is 8.76. The molecule has 0 bridgehead atoms. The van der Waals surface area contributed by atoms with Gasteiger partial charge in [-0.3, -0.25) is 9.97 Å². The average molecular weight is 240 g/mol. The minimum Gasteiger partial charge on any atom is -0.265 e. The fourth-order valence-corrected chi connectivity index (χ4v) is 2.18. The predicted molar refractivity (Wildman–Crippen MR) is 74.6 cm³/mol. The summed E-state index contributed by atoms with van der Waals surface area (Å²) in [7, 11) is 0. The van der Waals surface area contributed by atoms with Crippen LogP contribution in [0.5, 0.6) is 0 Å². The largest absolute Gasteiger partial charge is 0.265 e. The number of hydrogen-bond donors (Lipinski definition) is 0. The molecule has 0 fully saturated rings. The maximum Gasteiger partial charge on any atom is 0.0415 e. The molecule has 0 aromatic carbocycles. The molecule has 0 N–H and O–H groups in total. The second-order valence-corrected chi connectivity index (χ2v) is 5.27. The van der Waals surface area contributed by atoms with Crippen molar-refractivity contribution in [3.8, 4) is 0 Å². The monoisotopic (exact) mass is 240 g/mol. The summed E-state index contributed by atoms with van der Waals surface area (Å²) in [6, 6.07) is 10.5. The lowest BCUT2D eigenvalue weighted by Crippen LogP contribution is -2.21. The lowest BCUT2D eigenvalue weighted by molar-refractivity contribution is 0.514. The first-order chi connectivity index (χ1) is 8.62. The zero-order chi connectivity index (χ0) is 13.0. The van der Waals surface area contributed by atoms with E-state index in [4.69, 9.17) is 0 Å². The molecule has 0 saturated carbocycles. The predicted octanol–water partition coefficient (Wildman–Crippen LogP) is 3.56. The molecule has 2 aromatic rings. The Hall–Kier alpha value is -1.70. The van der Waals surface area contributed by atoms with Gasteiger partial charge in [0.2, 0.25) is 0 Å². The molecule has 18 heavy (non-hydrogen) atoms. The maximum absolute atomic E-state index is 4.69. The number of aromatic nitrogens is 2. The molecule has 0 aliphatic carbocycles. The van der Waals surface area contributed by atoms with E-state index in [0.29, 0.717) is 0 Å². The average Bonchev–Trinajstić information content (AvgIpc) is 2.39. The van der Waals surface area contributed by atoms with Crippen LogP contribution in [0.2, 0.25) is 0 Å². The van der Waals surface area contributed by atoms with E-state index in [-0.39, 0.29) is 5.41 Å². The van der Waals surface area contributed by atoms with Gasteiger partial charge < -0.3 is 0 Å². The Morgan fingerprint density at radius 3 is 2.33 bits per heavy atom. The Kier molecular flexibility index (Phi) is 3.75. The molecular weight excluding hydrogens is 220 g/mol. The molecule has 2 heteroatoms. The summed E-state index contributed by atoms with van der Waals surface area (Å²) in [6.07, 6.45) is 5.65. The molecule has 0 saturated heterocycles. The maximum atomic E-state index is 4.69. The van der Waals surface area contributed by atoms with E-state index in [9.17, 15) is 0 Å². The summed E-state index contributed by atoms with van der Waals surface area (Å²) >= 11 is 0. The van der Waals surface area contributed by atoms with E-state index < -0.39 is 0 Å². The molecule has 2 heterocycles. The molecule has 2 rings (SSSR count). The lowest BCUT2D eigenvalue weighted by Gasteiger charge is -2.24. The molecule has 0 radical (unpaired) electrons. The molecule has 0 aliphatic rings. The van der Waals surface area contributed by atoms with Gasteiger partial charge in [-0.05, 0) is 48.1 Å². The highest BCUT2D eigenvalue weighted by molar-refractivity contribution is 5.24. The van der Waals surface area contributed by atoms with E-state index in [1.165, 1.54) is 5.56 Å². The van der Waals surface area contributed by atoms with Crippen LogP contribution >= 0.6 is 0 Å². The van der Waals surface area contributed by atoms with Gasteiger partial charge in [0.1, 0.15) is 0 Å². The second-order valence-electron chi connectivity index (χ2n) is 5.27. The first kappa shape index (κ1) is 12.7. The zero-order valence-corrected chi connectivity index (χ0v) is 11.4. The first-order valence-electron chi connectivity index (χ1n) is 6.47. The van der Waals surface area contributed by atoms with Crippen LogP contribution < -0.4 is 0 Å². The van der Waals surface area contributed by atoms with Crippen molar-refractivity contribution >= 4 is 0 Å². The summed E-state index contributed by atoms with van der Waals surface area (Å²) < 4.78 is 0. The molecule has 2 aromatic heterocycles. The Labute approximate surface area is 109 Å². The van der Waals surface area contributed by atoms with E-state index in [1.54, 1.807) is 0 Å². The van der Waals surface area contributed by atoms with Crippen LogP contribution in [0.1, 0.15) is 37.7 Å². The Bertz CT molecular complexity index is 504. The SMILES string of the molecule is CCc1cccc(CC(C)(C)c2ccncc2)n1. The third kappa shape index (κ3) is 2.95. The summed E-state index contributed by atoms with van der Waals surface area (Å²) in [5, 5.41) is 0. The minimum absolute atomic E-state index is 0.0856. The fraction of sp³-hybridized carbons (Fsp3) is 0.375. The molecule has 0 unspecified atom stereocenters. The molecule has 0 atom stereocenters. The Morgan fingerprint density at radius 2 is 1.67 bits per heavy atom. The van der Waals surface area contributed by atoms with Crippen molar-refractivity contribution in [2.24, 2.45) is 0 Å². The highest BCUT2D eigenvalue weighted by Gasteiger charge is 2.21. The fourth-order valence-electron chi connectivity index (χ4n) is 2.18. The van der Waals surface area contributed by atoms with Crippen molar-refractivity contribution in [3.05, 3.63) is 59.7 Å². The minimum atomic E-state index is 0.0856. The standard InChI is InChI=1S/C16H20N2/c1-4-14-6-5-7-15(18-14)12-16(2,3)13-8-10-17-11-9-13/h5-11H,4,12H2,1-3H3. The molecule has 0 aliphatic heterocycles. The van der Waals surface area contributed by atoms with Crippen LogP contribution in [0, 0.1) is 0 Å². The highest BCUT2D eigenvalue weighted by atomic mass is 14.7. The number of pyridine rings is 2. The van der Waals surface area contributed by atoms with Crippen LogP contribution in [-0.2, 0) is 18.3 Å². The van der Waals surface area contributed by atoms with Gasteiger partial charge in [0.05, 0.1) is 0 Å². The second kappa shape index (κ2) is 5.30. The van der Waals surface area contributed by atoms with E-state index in [2.05, 4.69) is 61.1 Å². The quantitative estimate of drug-likeness (QED) is 0.816. The third-order valence-corrected chi connectivity index (χ3v) is 3.31. The molecule has 0 amide bonds. The van der Waals surface area contributed by atoms with Crippen LogP contribution in [-0.4, -0.2) is 9.97 Å². The third-order valence-electron chi connectivity index (χ3n) is 3.31. The summed E-state index contributed by atoms with van der Waals surface area (Å²) in [6.45, 7) is 6.64. The van der Waals surface area contributed by atoms with Gasteiger partial charge in [0.15, 0.2) is 0 Å². The zero-order valence-electron chi connectivity index (χ0n) is 11.4. The van der Waals surface area contributed by atoms with Gasteiger partial charge in [-0.2, -0.15) is 0 Å². The molecular formula is C16H20N2. The summed E-state index contributed by atoms with van der Waals surface area (Å²) in [5.74, 6) is 0. The van der Waals surface area contributed by atoms with Crippen LogP contribution in [0.3, 0.4) is 0 Å². The van der Waals surface area contributed by atoms with Crippen LogP contribution in [0.4, 0.5) is 0 Å². The number of hydrogen-bond acceptors (Lipinski definition) is 2. The van der Waals surface area contributed by atoms with Gasteiger partial charge in [0, 0.05) is 23.8 Å². The van der Waals surface area contributed by atoms with Crippen LogP contribution in [0.15, 0.2) is 42.7 Å². The molecule has 2 nitrogen and oxygen atoms in total. The van der Waals surface area contributed by atoms with Crippen molar-refractivity contribution in [1.82, 2.24) is 9.97 Å². The number of nitrogens with zero attached hydrogens (tertiary/aromatic N) is 2. The molecule has 94 valence electrons. The topological polar surface area (TPSA) is 25.8 Å². The first-order valence-corrected chi connectivity index (χ1v) is 6.47. The van der Waals surface area contributed by atoms with Gasteiger partial charge in [0.25, 0.3) is 0 Å². The smallest absolute Gasteiger partial charge is 0.0415 e. The summed E-state index contributed by atoms with van der Waals surface area (Å²) in [5.41, 5.74) is 3.72. The van der Waals surface area contributed by atoms with Crippen molar-refractivity contribution in [1.29, 1.82) is 0 Å². The van der Waals surface area contributed by atoms with E-state index in [1.807, 2.05) is 12.4 Å². The number of aryl methyl sites for hydroxylation is 1. The Morgan fingerprint density at radius 1 is 1.00 bits per heavy atom. The van der Waals surface area contributed by atoms with E-state index in [0.717, 1.165) is 24.2 Å².